The lowest BCUT2D eigenvalue weighted by molar-refractivity contribution is -0.154. The van der Waals surface area contributed by atoms with Crippen LogP contribution in [0.5, 0.6) is 5.88 Å². The summed E-state index contributed by atoms with van der Waals surface area (Å²) in [5.74, 6) is -0.361. The molecule has 0 bridgehead atoms. The van der Waals surface area contributed by atoms with E-state index in [4.69, 9.17) is 5.73 Å². The third-order valence-electron chi connectivity index (χ3n) is 2.04. The van der Waals surface area contributed by atoms with E-state index in [1.54, 1.807) is 6.07 Å². The Morgan fingerprint density at radius 2 is 2.21 bits per heavy atom. The van der Waals surface area contributed by atoms with Gasteiger partial charge in [-0.2, -0.15) is 13.2 Å². The van der Waals surface area contributed by atoms with Gasteiger partial charge in [-0.05, 0) is 11.6 Å². The number of rotatable bonds is 6. The lowest BCUT2D eigenvalue weighted by atomic mass is 10.2. The van der Waals surface area contributed by atoms with Gasteiger partial charge in [0.2, 0.25) is 11.8 Å². The van der Waals surface area contributed by atoms with Gasteiger partial charge in [0.25, 0.3) is 0 Å². The molecular formula is C11H14F3N3O2. The molecule has 19 heavy (non-hydrogen) atoms. The van der Waals surface area contributed by atoms with Crippen molar-refractivity contribution in [1.82, 2.24) is 10.3 Å². The van der Waals surface area contributed by atoms with Crippen molar-refractivity contribution in [1.29, 1.82) is 0 Å². The number of nitrogens with zero attached hydrogens (tertiary/aromatic N) is 1. The van der Waals surface area contributed by atoms with Crippen molar-refractivity contribution in [2.75, 3.05) is 13.2 Å². The zero-order valence-electron chi connectivity index (χ0n) is 10.0. The van der Waals surface area contributed by atoms with Crippen LogP contribution < -0.4 is 15.8 Å². The highest BCUT2D eigenvalue weighted by Crippen LogP contribution is 2.17. The first-order valence-corrected chi connectivity index (χ1v) is 5.52. The van der Waals surface area contributed by atoms with Crippen molar-refractivity contribution in [2.24, 2.45) is 5.73 Å². The molecule has 0 unspecified atom stereocenters. The van der Waals surface area contributed by atoms with Gasteiger partial charge >= 0.3 is 6.18 Å². The third-order valence-corrected chi connectivity index (χ3v) is 2.04. The van der Waals surface area contributed by atoms with E-state index < -0.39 is 12.8 Å². The lowest BCUT2D eigenvalue weighted by Crippen LogP contribution is -2.25. The third kappa shape index (κ3) is 6.61. The Balaban J connectivity index is 2.50. The molecule has 0 aliphatic heterocycles. The van der Waals surface area contributed by atoms with Crippen molar-refractivity contribution < 1.29 is 22.7 Å². The molecule has 5 nitrogen and oxygen atoms in total. The van der Waals surface area contributed by atoms with E-state index in [0.717, 1.165) is 0 Å². The van der Waals surface area contributed by atoms with Crippen LogP contribution in [0.25, 0.3) is 0 Å². The van der Waals surface area contributed by atoms with Gasteiger partial charge in [-0.25, -0.2) is 4.98 Å². The van der Waals surface area contributed by atoms with Gasteiger partial charge in [0, 0.05) is 31.8 Å². The molecule has 0 saturated carbocycles. The minimum Gasteiger partial charge on any atom is -0.468 e. The quantitative estimate of drug-likeness (QED) is 0.813. The smallest absolute Gasteiger partial charge is 0.422 e. The molecule has 0 saturated heterocycles. The Morgan fingerprint density at radius 1 is 1.47 bits per heavy atom. The predicted octanol–water partition coefficient (Wildman–Crippen LogP) is 0.988. The number of nitrogens with one attached hydrogen (secondary N) is 1. The van der Waals surface area contributed by atoms with E-state index in [1.807, 2.05) is 0 Å². The fourth-order valence-electron chi connectivity index (χ4n) is 1.22. The Hall–Kier alpha value is -1.83. The second kappa shape index (κ2) is 6.93. The molecular weight excluding hydrogens is 263 g/mol. The summed E-state index contributed by atoms with van der Waals surface area (Å²) in [6, 6.07) is 2.91. The number of nitrogens with two attached hydrogens (primary N) is 1. The highest BCUT2D eigenvalue weighted by Gasteiger charge is 2.28. The van der Waals surface area contributed by atoms with Crippen LogP contribution in [0.2, 0.25) is 0 Å². The van der Waals surface area contributed by atoms with Gasteiger partial charge in [0.05, 0.1) is 0 Å². The lowest BCUT2D eigenvalue weighted by Gasteiger charge is -2.09. The maximum absolute atomic E-state index is 12.0. The molecule has 0 radical (unpaired) electrons. The van der Waals surface area contributed by atoms with Crippen molar-refractivity contribution in [3.8, 4) is 5.88 Å². The summed E-state index contributed by atoms with van der Waals surface area (Å²) < 4.78 is 40.4. The Morgan fingerprint density at radius 3 is 2.84 bits per heavy atom. The van der Waals surface area contributed by atoms with Gasteiger partial charge < -0.3 is 15.8 Å². The molecule has 0 aliphatic rings. The number of alkyl halides is 3. The molecule has 0 aromatic carbocycles. The number of carbonyl (C=O) groups is 1. The average molecular weight is 277 g/mol. The zero-order valence-corrected chi connectivity index (χ0v) is 10.0. The molecule has 3 N–H and O–H groups in total. The second-order valence-corrected chi connectivity index (χ2v) is 3.72. The van der Waals surface area contributed by atoms with E-state index in [1.165, 1.54) is 12.3 Å². The van der Waals surface area contributed by atoms with Crippen LogP contribution in [0.1, 0.15) is 12.0 Å². The minimum absolute atomic E-state index is 0.136. The SMILES string of the molecule is NCCC(=O)NCc1ccnc(OCC(F)(F)F)c1. The maximum atomic E-state index is 12.0. The summed E-state index contributed by atoms with van der Waals surface area (Å²) in [6.07, 6.45) is -2.90. The topological polar surface area (TPSA) is 77.2 Å². The molecule has 0 aliphatic carbocycles. The summed E-state index contributed by atoms with van der Waals surface area (Å²) in [4.78, 5) is 14.8. The number of hydrogen-bond acceptors (Lipinski definition) is 4. The summed E-state index contributed by atoms with van der Waals surface area (Å²) in [5, 5.41) is 2.57. The standard InChI is InChI=1S/C11H14F3N3O2/c12-11(13,14)7-19-10-5-8(2-4-16-10)6-17-9(18)1-3-15/h2,4-5H,1,3,6-7,15H2,(H,17,18). The van der Waals surface area contributed by atoms with Gasteiger partial charge in [0.1, 0.15) is 0 Å². The number of carbonyl (C=O) groups excluding carboxylic acids is 1. The van der Waals surface area contributed by atoms with Crippen molar-refractivity contribution in [2.45, 2.75) is 19.1 Å². The fraction of sp³-hybridized carbons (Fsp3) is 0.455. The molecule has 1 heterocycles. The van der Waals surface area contributed by atoms with Crippen LogP contribution in [0, 0.1) is 0 Å². The second-order valence-electron chi connectivity index (χ2n) is 3.72. The first kappa shape index (κ1) is 15.2. The van der Waals surface area contributed by atoms with Crippen LogP contribution >= 0.6 is 0 Å². The Kier molecular flexibility index (Phi) is 5.56. The number of halogens is 3. The van der Waals surface area contributed by atoms with E-state index in [-0.39, 0.29) is 31.3 Å². The molecule has 1 aromatic rings. The van der Waals surface area contributed by atoms with Gasteiger partial charge in [0.15, 0.2) is 6.61 Å². The number of amides is 1. The summed E-state index contributed by atoms with van der Waals surface area (Å²) in [6.45, 7) is -0.977. The molecule has 0 atom stereocenters. The van der Waals surface area contributed by atoms with Crippen LogP contribution in [0.4, 0.5) is 13.2 Å². The van der Waals surface area contributed by atoms with E-state index in [2.05, 4.69) is 15.0 Å². The average Bonchev–Trinajstić information content (AvgIpc) is 2.34. The predicted molar refractivity (Wildman–Crippen MR) is 61.3 cm³/mol. The number of ether oxygens (including phenoxy) is 1. The monoisotopic (exact) mass is 277 g/mol. The minimum atomic E-state index is -4.41. The van der Waals surface area contributed by atoms with E-state index >= 15 is 0 Å². The van der Waals surface area contributed by atoms with Crippen LogP contribution in [-0.2, 0) is 11.3 Å². The Bertz CT molecular complexity index is 424. The van der Waals surface area contributed by atoms with Crippen LogP contribution in [-0.4, -0.2) is 30.2 Å². The van der Waals surface area contributed by atoms with Crippen molar-refractivity contribution in [3.63, 3.8) is 0 Å². The first-order valence-electron chi connectivity index (χ1n) is 5.52. The van der Waals surface area contributed by atoms with Gasteiger partial charge in [-0.3, -0.25) is 4.79 Å². The molecule has 0 spiro atoms. The van der Waals surface area contributed by atoms with Crippen molar-refractivity contribution >= 4 is 5.91 Å². The van der Waals surface area contributed by atoms with Gasteiger partial charge in [-0.1, -0.05) is 0 Å². The molecule has 0 fully saturated rings. The highest BCUT2D eigenvalue weighted by molar-refractivity contribution is 5.76. The van der Waals surface area contributed by atoms with Crippen LogP contribution in [0.15, 0.2) is 18.3 Å². The van der Waals surface area contributed by atoms with E-state index in [9.17, 15) is 18.0 Å². The zero-order chi connectivity index (χ0) is 14.3. The number of pyridine rings is 1. The first-order chi connectivity index (χ1) is 8.90. The number of aromatic nitrogens is 1. The summed E-state index contributed by atoms with van der Waals surface area (Å²) in [5.41, 5.74) is 5.80. The Labute approximate surface area is 108 Å². The highest BCUT2D eigenvalue weighted by atomic mass is 19.4. The molecule has 1 aromatic heterocycles. The van der Waals surface area contributed by atoms with Crippen molar-refractivity contribution in [3.05, 3.63) is 23.9 Å². The van der Waals surface area contributed by atoms with E-state index in [0.29, 0.717) is 5.56 Å². The van der Waals surface area contributed by atoms with Gasteiger partial charge in [-0.15, -0.1) is 0 Å². The fourth-order valence-corrected chi connectivity index (χ4v) is 1.22. The summed E-state index contributed by atoms with van der Waals surface area (Å²) >= 11 is 0. The largest absolute Gasteiger partial charge is 0.468 e. The maximum Gasteiger partial charge on any atom is 0.422 e. The number of hydrogen-bond donors (Lipinski definition) is 2. The molecule has 106 valence electrons. The van der Waals surface area contributed by atoms with Crippen LogP contribution in [0.3, 0.4) is 0 Å². The normalized spacial score (nSPS) is 11.2. The molecule has 1 rings (SSSR count). The summed E-state index contributed by atoms with van der Waals surface area (Å²) in [7, 11) is 0. The molecule has 1 amide bonds. The molecule has 8 heteroatoms.